The molecule has 0 spiro atoms. The largest absolute Gasteiger partial charge is 0.309 e. The minimum Gasteiger partial charge on any atom is -0.309 e. The van der Waals surface area contributed by atoms with E-state index in [-0.39, 0.29) is 22.5 Å². The van der Waals surface area contributed by atoms with Gasteiger partial charge in [-0.2, -0.15) is 0 Å². The number of H-pyrrole nitrogens is 1. The van der Waals surface area contributed by atoms with Crippen molar-refractivity contribution in [3.05, 3.63) is 91.6 Å². The van der Waals surface area contributed by atoms with Crippen LogP contribution >= 0.6 is 0 Å². The number of pyridine rings is 2. The highest BCUT2D eigenvalue weighted by Gasteiger charge is 2.20. The molecule has 2 N–H and O–H groups in total. The molecular formula is C21H19N3O3. The third-order valence-corrected chi connectivity index (χ3v) is 4.92. The van der Waals surface area contributed by atoms with Crippen LogP contribution in [-0.2, 0) is 12.8 Å². The van der Waals surface area contributed by atoms with E-state index in [9.17, 15) is 14.4 Å². The lowest BCUT2D eigenvalue weighted by Crippen LogP contribution is -2.30. The molecule has 0 aliphatic heterocycles. The maximum absolute atomic E-state index is 13.1. The number of fused-ring (bicyclic) bond motifs is 1. The van der Waals surface area contributed by atoms with Crippen molar-refractivity contribution < 1.29 is 4.79 Å². The normalized spacial score (nSPS) is 12.6. The van der Waals surface area contributed by atoms with Crippen LogP contribution in [0.3, 0.4) is 0 Å². The van der Waals surface area contributed by atoms with Crippen LogP contribution < -0.4 is 16.4 Å². The maximum Gasteiger partial charge on any atom is 0.268 e. The van der Waals surface area contributed by atoms with E-state index >= 15 is 0 Å². The maximum atomic E-state index is 13.1. The summed E-state index contributed by atoms with van der Waals surface area (Å²) in [6.45, 7) is 1.73. The Morgan fingerprint density at radius 1 is 1.07 bits per heavy atom. The van der Waals surface area contributed by atoms with Crippen molar-refractivity contribution >= 4 is 11.7 Å². The van der Waals surface area contributed by atoms with Gasteiger partial charge in [0.1, 0.15) is 11.4 Å². The lowest BCUT2D eigenvalue weighted by molar-refractivity contribution is 0.102. The molecule has 3 aromatic rings. The quantitative estimate of drug-likeness (QED) is 0.752. The predicted molar refractivity (Wildman–Crippen MR) is 104 cm³/mol. The molecule has 1 aliphatic carbocycles. The first-order chi connectivity index (χ1) is 13.0. The number of hydrogen-bond acceptors (Lipinski definition) is 3. The number of aromatic amines is 1. The molecule has 0 saturated carbocycles. The summed E-state index contributed by atoms with van der Waals surface area (Å²) in [6, 6.07) is 12.2. The molecule has 6 heteroatoms. The Bertz CT molecular complexity index is 1160. The van der Waals surface area contributed by atoms with Gasteiger partial charge in [-0.05, 0) is 61.1 Å². The Morgan fingerprint density at radius 3 is 2.70 bits per heavy atom. The molecule has 6 nitrogen and oxygen atoms in total. The zero-order chi connectivity index (χ0) is 19.0. The summed E-state index contributed by atoms with van der Waals surface area (Å²) in [7, 11) is 0. The van der Waals surface area contributed by atoms with Gasteiger partial charge in [0.15, 0.2) is 0 Å². The minimum absolute atomic E-state index is 0.0674. The van der Waals surface area contributed by atoms with Crippen molar-refractivity contribution in [2.75, 3.05) is 5.32 Å². The number of anilines is 1. The van der Waals surface area contributed by atoms with Gasteiger partial charge in [-0.25, -0.2) is 0 Å². The van der Waals surface area contributed by atoms with Gasteiger partial charge in [-0.1, -0.05) is 18.2 Å². The van der Waals surface area contributed by atoms with Crippen molar-refractivity contribution in [1.82, 2.24) is 9.55 Å². The van der Waals surface area contributed by atoms with Crippen molar-refractivity contribution in [2.45, 2.75) is 26.2 Å². The standard InChI is InChI=1S/C21H19N3O3/c1-13-11-12-24(16-8-3-6-14-5-2-7-15(14)16)21(27)19(13)20(26)23-17-9-4-10-18(25)22-17/h3-4,6,8-12H,2,5,7H2,1H3,(H2,22,23,25,26). The molecule has 1 aliphatic rings. The third kappa shape index (κ3) is 3.10. The van der Waals surface area contributed by atoms with Gasteiger partial charge in [0.2, 0.25) is 5.56 Å². The second-order valence-electron chi connectivity index (χ2n) is 6.70. The second kappa shape index (κ2) is 6.72. The zero-order valence-electron chi connectivity index (χ0n) is 14.9. The van der Waals surface area contributed by atoms with Crippen LogP contribution in [0.5, 0.6) is 0 Å². The fourth-order valence-corrected chi connectivity index (χ4v) is 3.62. The molecule has 0 fully saturated rings. The number of carbonyl (C=O) groups excluding carboxylic acids is 1. The molecule has 0 radical (unpaired) electrons. The SMILES string of the molecule is Cc1ccn(-c2cccc3c2CCC3)c(=O)c1C(=O)Nc1cccc(=O)[nH]1. The Balaban J connectivity index is 1.78. The summed E-state index contributed by atoms with van der Waals surface area (Å²) in [4.78, 5) is 39.8. The first-order valence-corrected chi connectivity index (χ1v) is 8.88. The highest BCUT2D eigenvalue weighted by molar-refractivity contribution is 6.04. The van der Waals surface area contributed by atoms with Gasteiger partial charge >= 0.3 is 0 Å². The van der Waals surface area contributed by atoms with Gasteiger partial charge in [0.25, 0.3) is 11.5 Å². The van der Waals surface area contributed by atoms with Gasteiger partial charge < -0.3 is 10.3 Å². The number of nitrogens with zero attached hydrogens (tertiary/aromatic N) is 1. The molecule has 136 valence electrons. The van der Waals surface area contributed by atoms with Crippen LogP contribution in [-0.4, -0.2) is 15.5 Å². The van der Waals surface area contributed by atoms with E-state index in [0.29, 0.717) is 5.56 Å². The fraction of sp³-hybridized carbons (Fsp3) is 0.190. The lowest BCUT2D eigenvalue weighted by Gasteiger charge is -2.14. The number of amides is 1. The summed E-state index contributed by atoms with van der Waals surface area (Å²) in [6.07, 6.45) is 4.73. The fourth-order valence-electron chi connectivity index (χ4n) is 3.62. The Morgan fingerprint density at radius 2 is 1.89 bits per heavy atom. The van der Waals surface area contributed by atoms with Gasteiger partial charge in [0.05, 0.1) is 5.69 Å². The molecular weight excluding hydrogens is 342 g/mol. The average molecular weight is 361 g/mol. The Hall–Kier alpha value is -3.41. The molecule has 4 rings (SSSR count). The van der Waals surface area contributed by atoms with E-state index in [1.165, 1.54) is 23.3 Å². The molecule has 1 amide bonds. The van der Waals surface area contributed by atoms with E-state index in [4.69, 9.17) is 0 Å². The molecule has 0 saturated heterocycles. The van der Waals surface area contributed by atoms with Crippen LogP contribution in [0.1, 0.15) is 33.5 Å². The summed E-state index contributed by atoms with van der Waals surface area (Å²) in [5.74, 6) is -0.288. The average Bonchev–Trinajstić information content (AvgIpc) is 3.11. The molecule has 1 aromatic carbocycles. The first kappa shape index (κ1) is 17.0. The van der Waals surface area contributed by atoms with Gasteiger partial charge in [-0.15, -0.1) is 0 Å². The van der Waals surface area contributed by atoms with Crippen LogP contribution in [0, 0.1) is 6.92 Å². The van der Waals surface area contributed by atoms with Crippen molar-refractivity contribution in [3.63, 3.8) is 0 Å². The highest BCUT2D eigenvalue weighted by atomic mass is 16.2. The first-order valence-electron chi connectivity index (χ1n) is 8.88. The van der Waals surface area contributed by atoms with E-state index in [2.05, 4.69) is 16.4 Å². The van der Waals surface area contributed by atoms with Crippen LogP contribution in [0.2, 0.25) is 0 Å². The van der Waals surface area contributed by atoms with Crippen molar-refractivity contribution in [2.24, 2.45) is 0 Å². The molecule has 0 atom stereocenters. The van der Waals surface area contributed by atoms with E-state index in [1.807, 2.05) is 12.1 Å². The van der Waals surface area contributed by atoms with E-state index in [1.54, 1.807) is 29.8 Å². The summed E-state index contributed by atoms with van der Waals surface area (Å²) >= 11 is 0. The van der Waals surface area contributed by atoms with E-state index < -0.39 is 5.91 Å². The number of carbonyl (C=O) groups is 1. The Kier molecular flexibility index (Phi) is 4.24. The summed E-state index contributed by atoms with van der Waals surface area (Å²) < 4.78 is 1.54. The molecule has 2 aromatic heterocycles. The summed E-state index contributed by atoms with van der Waals surface area (Å²) in [5, 5.41) is 2.60. The van der Waals surface area contributed by atoms with Crippen LogP contribution in [0.4, 0.5) is 5.82 Å². The third-order valence-electron chi connectivity index (χ3n) is 4.92. The smallest absolute Gasteiger partial charge is 0.268 e. The van der Waals surface area contributed by atoms with Crippen LogP contribution in [0.15, 0.2) is 58.3 Å². The Labute approximate surface area is 155 Å². The molecule has 0 unspecified atom stereocenters. The number of benzene rings is 1. The predicted octanol–water partition coefficient (Wildman–Crippen LogP) is 2.58. The van der Waals surface area contributed by atoms with Crippen molar-refractivity contribution in [3.8, 4) is 5.69 Å². The van der Waals surface area contributed by atoms with Crippen molar-refractivity contribution in [1.29, 1.82) is 0 Å². The zero-order valence-corrected chi connectivity index (χ0v) is 14.9. The molecule has 0 bridgehead atoms. The number of nitrogens with one attached hydrogen (secondary N) is 2. The lowest BCUT2D eigenvalue weighted by atomic mass is 10.1. The molecule has 27 heavy (non-hydrogen) atoms. The van der Waals surface area contributed by atoms with E-state index in [0.717, 1.165) is 24.9 Å². The van der Waals surface area contributed by atoms with Gasteiger partial charge in [-0.3, -0.25) is 19.0 Å². The highest BCUT2D eigenvalue weighted by Crippen LogP contribution is 2.27. The minimum atomic E-state index is -0.540. The van der Waals surface area contributed by atoms with Gasteiger partial charge in [0, 0.05) is 12.3 Å². The number of aromatic nitrogens is 2. The number of rotatable bonds is 3. The number of aryl methyl sites for hydroxylation is 2. The second-order valence-corrected chi connectivity index (χ2v) is 6.70. The topological polar surface area (TPSA) is 84.0 Å². The number of hydrogen-bond donors (Lipinski definition) is 2. The molecule has 2 heterocycles. The van der Waals surface area contributed by atoms with Crippen LogP contribution in [0.25, 0.3) is 5.69 Å². The summed E-state index contributed by atoms with van der Waals surface area (Å²) in [5.41, 5.74) is 3.21. The monoisotopic (exact) mass is 361 g/mol.